The lowest BCUT2D eigenvalue weighted by molar-refractivity contribution is -0.312. The van der Waals surface area contributed by atoms with Gasteiger partial charge in [-0.25, -0.2) is 0 Å². The van der Waals surface area contributed by atoms with E-state index >= 15 is 0 Å². The van der Waals surface area contributed by atoms with Crippen LogP contribution in [0.5, 0.6) is 0 Å². The lowest BCUT2D eigenvalue weighted by atomic mass is 9.76. The molecule has 2 unspecified atom stereocenters. The third-order valence-electron chi connectivity index (χ3n) is 12.3. The van der Waals surface area contributed by atoms with Gasteiger partial charge in [0.2, 0.25) is 0 Å². The van der Waals surface area contributed by atoms with Crippen molar-refractivity contribution >= 4 is 5.97 Å². The Kier molecular flexibility index (Phi) is 13.7. The molecule has 0 aliphatic carbocycles. The number of methoxy groups -OCH3 is 1. The van der Waals surface area contributed by atoms with Crippen molar-refractivity contribution in [3.05, 3.63) is 0 Å². The Hall–Kier alpha value is -1.44. The predicted octanol–water partition coefficient (Wildman–Crippen LogP) is 3.55. The summed E-state index contributed by atoms with van der Waals surface area (Å²) in [6, 6.07) is 1.76. The second-order valence-corrected chi connectivity index (χ2v) is 16.9. The topological polar surface area (TPSA) is 169 Å². The number of rotatable bonds is 8. The minimum atomic E-state index is -1.78. The van der Waals surface area contributed by atoms with Crippen LogP contribution < -0.4 is 0 Å². The SMILES string of the molecule is CC[C@H]1OC(=O)[C@H](C)[C@@H](OC2C[C@@](C)(OC)C[C@H](C)O2)[C@H](C)[C@@H](OC2O[C@H](C)C[C@H](N(C)CC#N)[C@H]2O)[C@@]2(C)C[C@H](C)[C@H](O2)[C@H](C)[C@@H](O)[C@]1(C)O. The van der Waals surface area contributed by atoms with E-state index in [9.17, 15) is 25.4 Å². The fourth-order valence-corrected chi connectivity index (χ4v) is 9.41. The summed E-state index contributed by atoms with van der Waals surface area (Å²) in [7, 11) is 3.46. The first-order chi connectivity index (χ1) is 23.7. The molecule has 13 heteroatoms. The molecular formula is C38H66N2O11. The highest BCUT2D eigenvalue weighted by Crippen LogP contribution is 2.48. The molecule has 13 nitrogen and oxygen atoms in total. The monoisotopic (exact) mass is 726 g/mol. The van der Waals surface area contributed by atoms with Crippen LogP contribution in [0.15, 0.2) is 0 Å². The van der Waals surface area contributed by atoms with Crippen LogP contribution in [0.25, 0.3) is 0 Å². The van der Waals surface area contributed by atoms with Gasteiger partial charge in [0, 0.05) is 37.8 Å². The Morgan fingerprint density at radius 3 is 2.25 bits per heavy atom. The van der Waals surface area contributed by atoms with Crippen LogP contribution in [-0.2, 0) is 38.0 Å². The van der Waals surface area contributed by atoms with Crippen molar-refractivity contribution in [2.45, 2.75) is 186 Å². The van der Waals surface area contributed by atoms with Crippen LogP contribution in [0.4, 0.5) is 0 Å². The number of ether oxygens (including phenoxy) is 7. The number of hydrogen-bond acceptors (Lipinski definition) is 13. The number of esters is 1. The van der Waals surface area contributed by atoms with Crippen LogP contribution in [0.2, 0.25) is 0 Å². The summed E-state index contributed by atoms with van der Waals surface area (Å²) in [6.45, 7) is 18.8. The number of nitriles is 1. The van der Waals surface area contributed by atoms with Crippen molar-refractivity contribution in [1.29, 1.82) is 5.26 Å². The Bertz CT molecular complexity index is 1220. The third kappa shape index (κ3) is 8.93. The molecule has 4 saturated heterocycles. The molecule has 0 aromatic carbocycles. The molecule has 3 N–H and O–H groups in total. The molecule has 0 aromatic heterocycles. The maximum absolute atomic E-state index is 14.1. The normalized spacial score (nSPS) is 50.1. The summed E-state index contributed by atoms with van der Waals surface area (Å²) < 4.78 is 45.2. The lowest BCUT2D eigenvalue weighted by Gasteiger charge is -2.48. The molecule has 0 aromatic rings. The number of carbonyl (C=O) groups is 1. The zero-order valence-electron chi connectivity index (χ0n) is 32.9. The Morgan fingerprint density at radius 1 is 0.980 bits per heavy atom. The van der Waals surface area contributed by atoms with E-state index in [-0.39, 0.29) is 31.1 Å². The molecule has 4 aliphatic heterocycles. The average molecular weight is 727 g/mol. The largest absolute Gasteiger partial charge is 0.459 e. The zero-order chi connectivity index (χ0) is 38.2. The number of nitrogens with zero attached hydrogens (tertiary/aromatic N) is 2. The van der Waals surface area contributed by atoms with Gasteiger partial charge < -0.3 is 48.5 Å². The Labute approximate surface area is 305 Å². The fraction of sp³-hybridized carbons (Fsp3) is 0.947. The molecule has 2 bridgehead atoms. The number of hydrogen-bond donors (Lipinski definition) is 3. The average Bonchev–Trinajstić information content (AvgIpc) is 3.38. The molecule has 0 spiro atoms. The van der Waals surface area contributed by atoms with Gasteiger partial charge in [-0.3, -0.25) is 9.69 Å². The molecule has 0 saturated carbocycles. The number of fused-ring (bicyclic) bond motifs is 2. The van der Waals surface area contributed by atoms with E-state index in [1.807, 2.05) is 41.5 Å². The molecule has 0 radical (unpaired) electrons. The van der Waals surface area contributed by atoms with Gasteiger partial charge >= 0.3 is 5.97 Å². The van der Waals surface area contributed by atoms with E-state index < -0.39 is 95.8 Å². The van der Waals surface area contributed by atoms with Crippen molar-refractivity contribution in [2.24, 2.45) is 23.7 Å². The van der Waals surface area contributed by atoms with Crippen molar-refractivity contribution in [3.63, 3.8) is 0 Å². The molecule has 4 heterocycles. The lowest BCUT2D eigenvalue weighted by Crippen LogP contribution is -2.60. The molecule has 18 atom stereocenters. The number of aliphatic hydroxyl groups excluding tert-OH is 2. The predicted molar refractivity (Wildman–Crippen MR) is 187 cm³/mol. The van der Waals surface area contributed by atoms with E-state index in [2.05, 4.69) is 13.0 Å². The first-order valence-corrected chi connectivity index (χ1v) is 18.9. The van der Waals surface area contributed by atoms with Gasteiger partial charge in [-0.1, -0.05) is 27.7 Å². The van der Waals surface area contributed by atoms with Gasteiger partial charge in [0.15, 0.2) is 12.6 Å². The van der Waals surface area contributed by atoms with E-state index in [0.29, 0.717) is 25.7 Å². The number of cyclic esters (lactones) is 1. The van der Waals surface area contributed by atoms with Crippen LogP contribution in [0, 0.1) is 35.0 Å². The van der Waals surface area contributed by atoms with Crippen LogP contribution in [0.1, 0.15) is 101 Å². The third-order valence-corrected chi connectivity index (χ3v) is 12.3. The quantitative estimate of drug-likeness (QED) is 0.246. The highest BCUT2D eigenvalue weighted by molar-refractivity contribution is 5.73. The van der Waals surface area contributed by atoms with Gasteiger partial charge in [0.1, 0.15) is 17.8 Å². The summed E-state index contributed by atoms with van der Waals surface area (Å²) in [5, 5.41) is 44.6. The van der Waals surface area contributed by atoms with E-state index in [1.54, 1.807) is 32.9 Å². The number of carbonyl (C=O) groups excluding carboxylic acids is 1. The van der Waals surface area contributed by atoms with Gasteiger partial charge in [0.05, 0.1) is 66.4 Å². The van der Waals surface area contributed by atoms with Gasteiger partial charge in [-0.05, 0) is 73.8 Å². The first-order valence-electron chi connectivity index (χ1n) is 18.9. The second-order valence-electron chi connectivity index (χ2n) is 16.9. The maximum atomic E-state index is 14.1. The Morgan fingerprint density at radius 2 is 1.65 bits per heavy atom. The van der Waals surface area contributed by atoms with Gasteiger partial charge in [-0.2, -0.15) is 5.26 Å². The van der Waals surface area contributed by atoms with Crippen LogP contribution >= 0.6 is 0 Å². The highest BCUT2D eigenvalue weighted by Gasteiger charge is 2.57. The standard InChI is InChI=1S/C38H66N2O11/c1-13-27-38(10,44)32(42)23(5)30-20(2)17-37(9,51-30)33(50-35-29(41)26(16-21(3)47-35)40(11)15-14-39)24(6)31(25(7)34(43)48-27)49-28-19-36(8,45-12)18-22(4)46-28/h20-33,35,41-42,44H,13,15-19H2,1-12H3/t20-,21+,22-,23-,24-,25+,26-,27+,28?,29+,30-,31-,32+,33+,35?,36-,37+,38+/m0/s1. The second kappa shape index (κ2) is 16.5. The highest BCUT2D eigenvalue weighted by atomic mass is 16.7. The van der Waals surface area contributed by atoms with Crippen molar-refractivity contribution < 1.29 is 53.3 Å². The van der Waals surface area contributed by atoms with Gasteiger partial charge in [-0.15, -0.1) is 0 Å². The van der Waals surface area contributed by atoms with E-state index in [4.69, 9.17) is 33.2 Å². The number of likely N-dealkylation sites (N-methyl/N-ethyl adjacent to an activating group) is 1. The summed E-state index contributed by atoms with van der Waals surface area (Å²) in [5.41, 5.74) is -3.30. The number of aliphatic hydroxyl groups is 3. The van der Waals surface area contributed by atoms with Crippen LogP contribution in [0.3, 0.4) is 0 Å². The molecule has 51 heavy (non-hydrogen) atoms. The Balaban J connectivity index is 1.83. The minimum Gasteiger partial charge on any atom is -0.459 e. The first kappa shape index (κ1) is 42.3. The summed E-state index contributed by atoms with van der Waals surface area (Å²) in [5.74, 6) is -2.66. The smallest absolute Gasteiger partial charge is 0.311 e. The van der Waals surface area contributed by atoms with Gasteiger partial charge in [0.25, 0.3) is 0 Å². The minimum absolute atomic E-state index is 0.0633. The molecule has 4 aliphatic rings. The summed E-state index contributed by atoms with van der Waals surface area (Å²) >= 11 is 0. The van der Waals surface area contributed by atoms with Crippen LogP contribution in [-0.4, -0.2) is 131 Å². The molecular weight excluding hydrogens is 660 g/mol. The van der Waals surface area contributed by atoms with Crippen molar-refractivity contribution in [2.75, 3.05) is 20.7 Å². The fourth-order valence-electron chi connectivity index (χ4n) is 9.41. The van der Waals surface area contributed by atoms with Crippen molar-refractivity contribution in [3.8, 4) is 6.07 Å². The molecule has 294 valence electrons. The molecule has 4 rings (SSSR count). The van der Waals surface area contributed by atoms with E-state index in [0.717, 1.165) is 0 Å². The molecule has 4 fully saturated rings. The zero-order valence-corrected chi connectivity index (χ0v) is 32.9. The summed E-state index contributed by atoms with van der Waals surface area (Å²) in [6.07, 6.45) is -5.43. The summed E-state index contributed by atoms with van der Waals surface area (Å²) in [4.78, 5) is 15.9. The maximum Gasteiger partial charge on any atom is 0.311 e. The van der Waals surface area contributed by atoms with Crippen molar-refractivity contribution in [1.82, 2.24) is 4.90 Å². The van der Waals surface area contributed by atoms with E-state index in [1.165, 1.54) is 6.92 Å². The molecule has 0 amide bonds.